The summed E-state index contributed by atoms with van der Waals surface area (Å²) in [5.74, 6) is 0.960. The highest BCUT2D eigenvalue weighted by atomic mass is 35.5. The van der Waals surface area contributed by atoms with Gasteiger partial charge in [-0.15, -0.1) is 34.3 Å². The molecular formula is C30H32ClN5O4S3. The van der Waals surface area contributed by atoms with E-state index in [1.807, 2.05) is 40.8 Å². The Balaban J connectivity index is 1.22. The number of aromatic nitrogens is 2. The number of halogens is 1. The van der Waals surface area contributed by atoms with E-state index in [1.54, 1.807) is 23.2 Å². The Hall–Kier alpha value is -3.19. The Bertz CT molecular complexity index is 1610. The zero-order chi connectivity index (χ0) is 30.3. The van der Waals surface area contributed by atoms with Crippen LogP contribution in [0, 0.1) is 0 Å². The third-order valence-electron chi connectivity index (χ3n) is 7.32. The number of carbonyl (C=O) groups excluding carboxylic acids is 3. The van der Waals surface area contributed by atoms with Crippen LogP contribution in [0.4, 0.5) is 5.69 Å². The fourth-order valence-electron chi connectivity index (χ4n) is 5.29. The van der Waals surface area contributed by atoms with E-state index in [4.69, 9.17) is 11.6 Å². The number of aromatic hydroxyl groups is 1. The molecule has 2 aromatic heterocycles. The SMILES string of the molecule is CSCCCNC(=O)c1csc(-c2csc(CCNC(=O)C(CC=O)N3CC(CCl)c4c3cc(O)c3ccccc43)n2)n1. The quantitative estimate of drug-likeness (QED) is 0.0976. The van der Waals surface area contributed by atoms with Crippen LogP contribution in [-0.2, 0) is 16.0 Å². The normalized spacial score (nSPS) is 14.9. The van der Waals surface area contributed by atoms with Crippen molar-refractivity contribution in [3.8, 4) is 16.5 Å². The van der Waals surface area contributed by atoms with E-state index >= 15 is 0 Å². The van der Waals surface area contributed by atoms with Crippen LogP contribution >= 0.6 is 46.0 Å². The van der Waals surface area contributed by atoms with Crippen LogP contribution in [0.15, 0.2) is 41.1 Å². The number of phenols is 1. The molecule has 3 N–H and O–H groups in total. The fraction of sp³-hybridized carbons (Fsp3) is 0.367. The van der Waals surface area contributed by atoms with Gasteiger partial charge in [-0.2, -0.15) is 11.8 Å². The number of benzene rings is 2. The predicted molar refractivity (Wildman–Crippen MR) is 176 cm³/mol. The first kappa shape index (κ1) is 31.2. The molecule has 1 aliphatic heterocycles. The van der Waals surface area contributed by atoms with Crippen molar-refractivity contribution in [2.24, 2.45) is 0 Å². The molecule has 2 amide bonds. The van der Waals surface area contributed by atoms with E-state index in [2.05, 4.69) is 20.6 Å². The van der Waals surface area contributed by atoms with Crippen molar-refractivity contribution in [1.29, 1.82) is 0 Å². The maximum Gasteiger partial charge on any atom is 0.270 e. The molecule has 13 heteroatoms. The van der Waals surface area contributed by atoms with Gasteiger partial charge in [0.25, 0.3) is 5.91 Å². The van der Waals surface area contributed by atoms with E-state index in [0.717, 1.165) is 45.5 Å². The van der Waals surface area contributed by atoms with Crippen LogP contribution in [0.1, 0.15) is 39.8 Å². The summed E-state index contributed by atoms with van der Waals surface area (Å²) in [5, 5.41) is 23.4. The molecule has 0 aliphatic carbocycles. The number of thioether (sulfide) groups is 1. The lowest BCUT2D eigenvalue weighted by Crippen LogP contribution is -2.47. The van der Waals surface area contributed by atoms with Crippen LogP contribution in [0.2, 0.25) is 0 Å². The molecule has 2 unspecified atom stereocenters. The van der Waals surface area contributed by atoms with Gasteiger partial charge in [0.1, 0.15) is 34.5 Å². The predicted octanol–water partition coefficient (Wildman–Crippen LogP) is 5.07. The number of carbonyl (C=O) groups is 3. The van der Waals surface area contributed by atoms with Crippen molar-refractivity contribution in [3.63, 3.8) is 0 Å². The van der Waals surface area contributed by atoms with E-state index in [1.165, 1.54) is 22.7 Å². The minimum absolute atomic E-state index is 0.00674. The fourth-order valence-corrected chi connectivity index (χ4v) is 7.59. The summed E-state index contributed by atoms with van der Waals surface area (Å²) in [4.78, 5) is 48.4. The number of aldehydes is 1. The molecule has 43 heavy (non-hydrogen) atoms. The van der Waals surface area contributed by atoms with Gasteiger partial charge in [-0.3, -0.25) is 9.59 Å². The summed E-state index contributed by atoms with van der Waals surface area (Å²) in [6.07, 6.45) is 4.21. The second-order valence-corrected chi connectivity index (χ2v) is 13.2. The summed E-state index contributed by atoms with van der Waals surface area (Å²) in [6, 6.07) is 8.52. The van der Waals surface area contributed by atoms with Crippen molar-refractivity contribution >= 4 is 80.6 Å². The molecule has 226 valence electrons. The molecule has 0 spiro atoms. The first-order valence-corrected chi connectivity index (χ1v) is 17.6. The first-order chi connectivity index (χ1) is 20.9. The van der Waals surface area contributed by atoms with E-state index < -0.39 is 6.04 Å². The molecule has 5 rings (SSSR count). The number of rotatable bonds is 14. The molecule has 0 radical (unpaired) electrons. The Labute approximate surface area is 267 Å². The number of nitrogens with zero attached hydrogens (tertiary/aromatic N) is 3. The first-order valence-electron chi connectivity index (χ1n) is 13.9. The highest BCUT2D eigenvalue weighted by Crippen LogP contribution is 2.46. The Morgan fingerprint density at radius 3 is 2.77 bits per heavy atom. The molecule has 0 fully saturated rings. The van der Waals surface area contributed by atoms with Gasteiger partial charge in [0.2, 0.25) is 5.91 Å². The Kier molecular flexibility index (Phi) is 10.6. The molecule has 9 nitrogen and oxygen atoms in total. The standard InChI is InChI=1S/C30H32ClN5O4S3/c1-41-12-4-9-32-28(39)21-16-43-30(35-21)22-17-42-26(34-22)7-10-33-29(40)23(8-11-37)36-15-18(14-31)27-20-6-3-2-5-19(20)25(38)13-24(27)36/h2-3,5-6,11,13,16-18,23,38H,4,7-10,12,14-15H2,1H3,(H,32,39)(H,33,40). The average molecular weight is 658 g/mol. The highest BCUT2D eigenvalue weighted by molar-refractivity contribution is 7.98. The molecular weight excluding hydrogens is 626 g/mol. The number of hydrogen-bond donors (Lipinski definition) is 3. The summed E-state index contributed by atoms with van der Waals surface area (Å²) in [5.41, 5.74) is 2.79. The van der Waals surface area contributed by atoms with E-state index in [-0.39, 0.29) is 29.9 Å². The second-order valence-electron chi connectivity index (χ2n) is 10.1. The number of fused-ring (bicyclic) bond motifs is 3. The number of alkyl halides is 1. The molecule has 0 saturated carbocycles. The average Bonchev–Trinajstić information content (AvgIpc) is 3.77. The van der Waals surface area contributed by atoms with Crippen molar-refractivity contribution in [3.05, 3.63) is 57.4 Å². The van der Waals surface area contributed by atoms with Crippen LogP contribution in [0.5, 0.6) is 5.75 Å². The summed E-state index contributed by atoms with van der Waals surface area (Å²) < 4.78 is 0. The number of anilines is 1. The maximum absolute atomic E-state index is 13.4. The van der Waals surface area contributed by atoms with Crippen LogP contribution < -0.4 is 15.5 Å². The minimum Gasteiger partial charge on any atom is -0.507 e. The monoisotopic (exact) mass is 657 g/mol. The van der Waals surface area contributed by atoms with Crippen LogP contribution in [0.25, 0.3) is 21.5 Å². The van der Waals surface area contributed by atoms with Crippen LogP contribution in [0.3, 0.4) is 0 Å². The smallest absolute Gasteiger partial charge is 0.270 e. The van der Waals surface area contributed by atoms with Crippen molar-refractivity contribution in [2.75, 3.05) is 42.4 Å². The van der Waals surface area contributed by atoms with Crippen molar-refractivity contribution in [1.82, 2.24) is 20.6 Å². The molecule has 4 aromatic rings. The van der Waals surface area contributed by atoms with Gasteiger partial charge in [-0.05, 0) is 29.4 Å². The summed E-state index contributed by atoms with van der Waals surface area (Å²) >= 11 is 10.9. The van der Waals surface area contributed by atoms with Crippen molar-refractivity contribution in [2.45, 2.75) is 31.2 Å². The molecule has 0 saturated heterocycles. The Morgan fingerprint density at radius 2 is 2.00 bits per heavy atom. The van der Waals surface area contributed by atoms with Gasteiger partial charge >= 0.3 is 0 Å². The third kappa shape index (κ3) is 6.98. The maximum atomic E-state index is 13.4. The number of phenolic OH excluding ortho intramolecular Hbond substituents is 1. The lowest BCUT2D eigenvalue weighted by atomic mass is 9.95. The van der Waals surface area contributed by atoms with E-state index in [9.17, 15) is 19.5 Å². The van der Waals surface area contributed by atoms with Crippen LogP contribution in [-0.4, -0.2) is 76.7 Å². The zero-order valence-corrected chi connectivity index (χ0v) is 26.8. The third-order valence-corrected chi connectivity index (χ3v) is 10.2. The number of hydrogen-bond acceptors (Lipinski definition) is 10. The zero-order valence-electron chi connectivity index (χ0n) is 23.5. The van der Waals surface area contributed by atoms with Gasteiger partial charge in [-0.1, -0.05) is 24.3 Å². The summed E-state index contributed by atoms with van der Waals surface area (Å²) in [6.45, 7) is 1.43. The molecule has 2 atom stereocenters. The molecule has 2 aromatic carbocycles. The lowest BCUT2D eigenvalue weighted by molar-refractivity contribution is -0.124. The minimum atomic E-state index is -0.738. The van der Waals surface area contributed by atoms with Gasteiger partial charge in [-0.25, -0.2) is 9.97 Å². The molecule has 1 aliphatic rings. The second kappa shape index (κ2) is 14.5. The lowest BCUT2D eigenvalue weighted by Gasteiger charge is -2.28. The topological polar surface area (TPSA) is 125 Å². The number of amides is 2. The van der Waals surface area contributed by atoms with Gasteiger partial charge in [0, 0.05) is 72.2 Å². The van der Waals surface area contributed by atoms with Gasteiger partial charge in [0.05, 0.1) is 5.01 Å². The summed E-state index contributed by atoms with van der Waals surface area (Å²) in [7, 11) is 0. The molecule has 3 heterocycles. The highest BCUT2D eigenvalue weighted by Gasteiger charge is 2.37. The van der Waals surface area contributed by atoms with Gasteiger partial charge < -0.3 is 25.4 Å². The van der Waals surface area contributed by atoms with Crippen molar-refractivity contribution < 1.29 is 19.5 Å². The number of nitrogens with one attached hydrogen (secondary N) is 2. The van der Waals surface area contributed by atoms with Gasteiger partial charge in [0.15, 0.2) is 0 Å². The van der Waals surface area contributed by atoms with E-state index in [0.29, 0.717) is 48.3 Å². The molecule has 0 bridgehead atoms. The largest absolute Gasteiger partial charge is 0.507 e. The Morgan fingerprint density at radius 1 is 1.19 bits per heavy atom. The number of thiazole rings is 2.